The van der Waals surface area contributed by atoms with Crippen molar-refractivity contribution >= 4 is 22.8 Å². The molecule has 2 aromatic heterocycles. The van der Waals surface area contributed by atoms with Crippen molar-refractivity contribution in [3.63, 3.8) is 0 Å². The second-order valence-corrected chi connectivity index (χ2v) is 9.75. The van der Waals surface area contributed by atoms with Crippen LogP contribution in [0.1, 0.15) is 58.3 Å². The lowest BCUT2D eigenvalue weighted by Gasteiger charge is -2.40. The van der Waals surface area contributed by atoms with E-state index in [-0.39, 0.29) is 23.3 Å². The molecule has 3 N–H and O–H groups in total. The second kappa shape index (κ2) is 7.84. The van der Waals surface area contributed by atoms with Gasteiger partial charge in [-0.25, -0.2) is 9.97 Å². The zero-order chi connectivity index (χ0) is 20.7. The molecule has 3 atom stereocenters. The Morgan fingerprint density at radius 3 is 2.83 bits per heavy atom. The average Bonchev–Trinajstić information content (AvgIpc) is 3.34. The molecule has 30 heavy (non-hydrogen) atoms. The van der Waals surface area contributed by atoms with E-state index in [0.717, 1.165) is 62.0 Å². The maximum atomic E-state index is 13.2. The van der Waals surface area contributed by atoms with Crippen molar-refractivity contribution in [2.45, 2.75) is 70.4 Å². The van der Waals surface area contributed by atoms with Gasteiger partial charge in [0.25, 0.3) is 0 Å². The molecule has 5 rings (SSSR count). The summed E-state index contributed by atoms with van der Waals surface area (Å²) in [6, 6.07) is 1.84. The molecule has 2 aliphatic carbocycles. The molecule has 0 bridgehead atoms. The Labute approximate surface area is 177 Å². The van der Waals surface area contributed by atoms with E-state index in [1.807, 2.05) is 19.2 Å². The molecule has 0 radical (unpaired) electrons. The molecule has 7 heteroatoms. The van der Waals surface area contributed by atoms with Crippen LogP contribution in [0.4, 0.5) is 5.82 Å². The van der Waals surface area contributed by atoms with Gasteiger partial charge in [-0.3, -0.25) is 4.79 Å². The number of hydrogen-bond acceptors (Lipinski definition) is 5. The first-order valence-corrected chi connectivity index (χ1v) is 11.6. The van der Waals surface area contributed by atoms with E-state index in [1.165, 1.54) is 19.3 Å². The summed E-state index contributed by atoms with van der Waals surface area (Å²) in [4.78, 5) is 27.5. The first-order valence-electron chi connectivity index (χ1n) is 11.6. The molecule has 3 heterocycles. The summed E-state index contributed by atoms with van der Waals surface area (Å²) < 4.78 is 0. The van der Waals surface area contributed by atoms with E-state index in [9.17, 15) is 9.90 Å². The van der Waals surface area contributed by atoms with Gasteiger partial charge < -0.3 is 20.3 Å². The van der Waals surface area contributed by atoms with Gasteiger partial charge in [0, 0.05) is 25.2 Å². The predicted octanol–water partition coefficient (Wildman–Crippen LogP) is 3.01. The van der Waals surface area contributed by atoms with Crippen LogP contribution in [0, 0.1) is 17.3 Å². The Bertz CT molecular complexity index is 902. The van der Waals surface area contributed by atoms with Crippen molar-refractivity contribution in [2.75, 3.05) is 18.0 Å². The molecule has 1 saturated heterocycles. The molecule has 1 amide bonds. The van der Waals surface area contributed by atoms with E-state index < -0.39 is 6.10 Å². The molecule has 3 fully saturated rings. The highest BCUT2D eigenvalue weighted by Crippen LogP contribution is 2.56. The number of aliphatic hydroxyl groups is 1. The summed E-state index contributed by atoms with van der Waals surface area (Å²) >= 11 is 0. The van der Waals surface area contributed by atoms with Crippen molar-refractivity contribution in [3.05, 3.63) is 18.6 Å². The highest BCUT2D eigenvalue weighted by atomic mass is 16.3. The number of anilines is 1. The van der Waals surface area contributed by atoms with E-state index in [2.05, 4.69) is 25.2 Å². The van der Waals surface area contributed by atoms with Crippen LogP contribution in [0.2, 0.25) is 0 Å². The average molecular weight is 412 g/mol. The number of fused-ring (bicyclic) bond motifs is 1. The smallest absolute Gasteiger partial charge is 0.224 e. The summed E-state index contributed by atoms with van der Waals surface area (Å²) in [5.41, 5.74) is 0.904. The summed E-state index contributed by atoms with van der Waals surface area (Å²) in [7, 11) is 0. The fourth-order valence-corrected chi connectivity index (χ4v) is 5.82. The molecule has 1 aliphatic heterocycles. The maximum absolute atomic E-state index is 13.2. The summed E-state index contributed by atoms with van der Waals surface area (Å²) in [5.74, 6) is 1.45. The minimum absolute atomic E-state index is 0.0262. The zero-order valence-corrected chi connectivity index (χ0v) is 17.8. The first kappa shape index (κ1) is 19.8. The molecule has 7 nitrogen and oxygen atoms in total. The van der Waals surface area contributed by atoms with Crippen LogP contribution in [0.5, 0.6) is 0 Å². The van der Waals surface area contributed by atoms with Crippen LogP contribution in [-0.2, 0) is 4.79 Å². The van der Waals surface area contributed by atoms with Crippen molar-refractivity contribution < 1.29 is 9.90 Å². The molecule has 2 saturated carbocycles. The summed E-state index contributed by atoms with van der Waals surface area (Å²) in [6.45, 7) is 3.65. The number of piperidine rings is 1. The quantitative estimate of drug-likeness (QED) is 0.703. The minimum atomic E-state index is -0.438. The Kier molecular flexibility index (Phi) is 5.17. The third-order valence-electron chi connectivity index (χ3n) is 7.79. The third kappa shape index (κ3) is 3.57. The molecular formula is C23H33N5O2. The Hall–Kier alpha value is -2.15. The highest BCUT2D eigenvalue weighted by Gasteiger charge is 2.55. The monoisotopic (exact) mass is 411 g/mol. The Balaban J connectivity index is 1.24. The van der Waals surface area contributed by atoms with Crippen LogP contribution in [-0.4, -0.2) is 51.2 Å². The van der Waals surface area contributed by atoms with E-state index in [0.29, 0.717) is 5.92 Å². The van der Waals surface area contributed by atoms with E-state index in [1.54, 1.807) is 6.33 Å². The number of carbonyl (C=O) groups excluding carboxylic acids is 1. The van der Waals surface area contributed by atoms with Crippen molar-refractivity contribution in [1.29, 1.82) is 0 Å². The molecule has 0 unspecified atom stereocenters. The standard InChI is InChI=1S/C23H33N5O2/c1-15(19(29)16-5-3-2-4-6-16)27-22(30)18-8-12-28(13-23(18)9-10-23)21-17-7-11-24-20(17)25-14-26-21/h7,11,14-16,18-19,29H,2-6,8-10,12-13H2,1H3,(H,27,30)(H,24,25,26)/t15-,18+,19+/m0/s1. The molecule has 2 aromatic rings. The SMILES string of the molecule is C[C@H](NC(=O)[C@H]1CCN(c2ncnc3[nH]ccc23)CC12CC2)[C@@H](O)C1CCCCC1. The number of hydrogen-bond donors (Lipinski definition) is 3. The Morgan fingerprint density at radius 2 is 2.07 bits per heavy atom. The minimum Gasteiger partial charge on any atom is -0.391 e. The van der Waals surface area contributed by atoms with E-state index >= 15 is 0 Å². The normalized spacial score (nSPS) is 25.9. The van der Waals surface area contributed by atoms with Crippen molar-refractivity contribution in [3.8, 4) is 0 Å². The van der Waals surface area contributed by atoms with Gasteiger partial charge in [0.15, 0.2) is 0 Å². The maximum Gasteiger partial charge on any atom is 0.224 e. The number of rotatable bonds is 5. The van der Waals surface area contributed by atoms with E-state index in [4.69, 9.17) is 0 Å². The summed E-state index contributed by atoms with van der Waals surface area (Å²) in [6.07, 6.45) is 11.9. The molecular weight excluding hydrogens is 378 g/mol. The molecule has 162 valence electrons. The fraction of sp³-hybridized carbons (Fsp3) is 0.696. The van der Waals surface area contributed by atoms with Gasteiger partial charge in [0.2, 0.25) is 5.91 Å². The van der Waals surface area contributed by atoms with Gasteiger partial charge in [-0.2, -0.15) is 0 Å². The molecule has 3 aliphatic rings. The van der Waals surface area contributed by atoms with Crippen LogP contribution in [0.15, 0.2) is 18.6 Å². The van der Waals surface area contributed by atoms with Gasteiger partial charge >= 0.3 is 0 Å². The lowest BCUT2D eigenvalue weighted by atomic mass is 9.80. The van der Waals surface area contributed by atoms with Crippen LogP contribution >= 0.6 is 0 Å². The van der Waals surface area contributed by atoms with Gasteiger partial charge in [-0.1, -0.05) is 19.3 Å². The lowest BCUT2D eigenvalue weighted by molar-refractivity contribution is -0.129. The zero-order valence-electron chi connectivity index (χ0n) is 17.8. The Morgan fingerprint density at radius 1 is 1.27 bits per heavy atom. The number of aliphatic hydroxyl groups excluding tert-OH is 1. The van der Waals surface area contributed by atoms with Gasteiger partial charge in [-0.05, 0) is 56.4 Å². The topological polar surface area (TPSA) is 94.1 Å². The van der Waals surface area contributed by atoms with Crippen LogP contribution in [0.25, 0.3) is 11.0 Å². The van der Waals surface area contributed by atoms with Crippen LogP contribution < -0.4 is 10.2 Å². The number of carbonyl (C=O) groups is 1. The number of H-pyrrole nitrogens is 1. The number of nitrogens with one attached hydrogen (secondary N) is 2. The first-order chi connectivity index (χ1) is 14.6. The van der Waals surface area contributed by atoms with Gasteiger partial charge in [-0.15, -0.1) is 0 Å². The van der Waals surface area contributed by atoms with Gasteiger partial charge in [0.05, 0.1) is 17.5 Å². The van der Waals surface area contributed by atoms with Crippen molar-refractivity contribution in [2.24, 2.45) is 17.3 Å². The highest BCUT2D eigenvalue weighted by molar-refractivity contribution is 5.87. The fourth-order valence-electron chi connectivity index (χ4n) is 5.82. The third-order valence-corrected chi connectivity index (χ3v) is 7.79. The van der Waals surface area contributed by atoms with Crippen LogP contribution in [0.3, 0.4) is 0 Å². The van der Waals surface area contributed by atoms with Gasteiger partial charge in [0.1, 0.15) is 17.8 Å². The number of aromatic amines is 1. The van der Waals surface area contributed by atoms with Crippen molar-refractivity contribution in [1.82, 2.24) is 20.3 Å². The number of nitrogens with zero attached hydrogens (tertiary/aromatic N) is 3. The largest absolute Gasteiger partial charge is 0.391 e. The molecule has 1 spiro atoms. The lowest BCUT2D eigenvalue weighted by Crippen LogP contribution is -2.52. The second-order valence-electron chi connectivity index (χ2n) is 9.75. The number of aromatic nitrogens is 3. The molecule has 0 aromatic carbocycles. The number of amides is 1. The predicted molar refractivity (Wildman–Crippen MR) is 116 cm³/mol. The summed E-state index contributed by atoms with van der Waals surface area (Å²) in [5, 5.41) is 15.0.